The number of hydrogen-bond acceptors (Lipinski definition) is 4. The first kappa shape index (κ1) is 18.9. The topological polar surface area (TPSA) is 98.5 Å². The maximum Gasteiger partial charge on any atom is 0.331 e. The highest BCUT2D eigenvalue weighted by atomic mass is 79.9. The quantitative estimate of drug-likeness (QED) is 0.603. The number of urea groups is 1. The number of imide groups is 1. The minimum Gasteiger partial charge on any atom is -0.449 e. The molecule has 23 heavy (non-hydrogen) atoms. The molecule has 0 bridgehead atoms. The average molecular weight is 383 g/mol. The van der Waals surface area contributed by atoms with Gasteiger partial charge in [0.1, 0.15) is 0 Å². The number of carbonyl (C=O) groups is 3. The summed E-state index contributed by atoms with van der Waals surface area (Å²) in [5, 5.41) is 1.91. The molecule has 7 heteroatoms. The number of ether oxygens (including phenoxy) is 1. The van der Waals surface area contributed by atoms with E-state index in [0.29, 0.717) is 0 Å². The van der Waals surface area contributed by atoms with E-state index in [-0.39, 0.29) is 5.92 Å². The fourth-order valence-electron chi connectivity index (χ4n) is 1.77. The molecule has 0 aromatic heterocycles. The summed E-state index contributed by atoms with van der Waals surface area (Å²) in [5.41, 5.74) is 6.78. The largest absolute Gasteiger partial charge is 0.449 e. The van der Waals surface area contributed by atoms with E-state index in [0.717, 1.165) is 15.6 Å². The first-order chi connectivity index (χ1) is 10.7. The molecule has 0 unspecified atom stereocenters. The van der Waals surface area contributed by atoms with Crippen molar-refractivity contribution in [2.24, 2.45) is 11.7 Å². The molecule has 1 aromatic rings. The van der Waals surface area contributed by atoms with Crippen molar-refractivity contribution in [2.75, 3.05) is 0 Å². The molecule has 1 atom stereocenters. The minimum absolute atomic E-state index is 0.308. The lowest BCUT2D eigenvalue weighted by molar-refractivity contribution is -0.153. The summed E-state index contributed by atoms with van der Waals surface area (Å²) >= 11 is 3.40. The molecule has 6 nitrogen and oxygen atoms in total. The average Bonchev–Trinajstić information content (AvgIpc) is 2.42. The SMILES string of the molecule is Cc1ccc(/C=C/C(=O)O[C@H](C(=O)NC(N)=O)C(C)C)c(Br)c1. The molecule has 0 aliphatic rings. The maximum absolute atomic E-state index is 11.9. The van der Waals surface area contributed by atoms with Crippen LogP contribution in [0.25, 0.3) is 6.08 Å². The lowest BCUT2D eigenvalue weighted by atomic mass is 10.1. The summed E-state index contributed by atoms with van der Waals surface area (Å²) in [5.74, 6) is -1.74. The Hall–Kier alpha value is -2.15. The number of hydrogen-bond donors (Lipinski definition) is 2. The number of amides is 3. The third-order valence-corrected chi connectivity index (χ3v) is 3.60. The lowest BCUT2D eigenvalue weighted by Gasteiger charge is -2.18. The van der Waals surface area contributed by atoms with E-state index in [4.69, 9.17) is 10.5 Å². The van der Waals surface area contributed by atoms with Gasteiger partial charge in [0.2, 0.25) is 0 Å². The highest BCUT2D eigenvalue weighted by molar-refractivity contribution is 9.10. The van der Waals surface area contributed by atoms with Crippen molar-refractivity contribution < 1.29 is 19.1 Å². The Kier molecular flexibility index (Phi) is 6.96. The fourth-order valence-corrected chi connectivity index (χ4v) is 2.40. The van der Waals surface area contributed by atoms with Crippen LogP contribution in [0.1, 0.15) is 25.0 Å². The molecular weight excluding hydrogens is 364 g/mol. The second kappa shape index (κ2) is 8.47. The summed E-state index contributed by atoms with van der Waals surface area (Å²) < 4.78 is 5.94. The van der Waals surface area contributed by atoms with E-state index in [9.17, 15) is 14.4 Å². The predicted molar refractivity (Wildman–Crippen MR) is 90.4 cm³/mol. The summed E-state index contributed by atoms with van der Waals surface area (Å²) in [6.45, 7) is 5.34. The van der Waals surface area contributed by atoms with Crippen molar-refractivity contribution in [2.45, 2.75) is 26.9 Å². The zero-order valence-corrected chi connectivity index (χ0v) is 14.7. The Morgan fingerprint density at radius 1 is 1.30 bits per heavy atom. The van der Waals surface area contributed by atoms with Gasteiger partial charge in [-0.1, -0.05) is 41.9 Å². The molecule has 0 aliphatic heterocycles. The number of primary amides is 1. The predicted octanol–water partition coefficient (Wildman–Crippen LogP) is 2.53. The van der Waals surface area contributed by atoms with Gasteiger partial charge < -0.3 is 10.5 Å². The summed E-state index contributed by atoms with van der Waals surface area (Å²) in [4.78, 5) is 34.4. The van der Waals surface area contributed by atoms with Gasteiger partial charge in [-0.25, -0.2) is 9.59 Å². The van der Waals surface area contributed by atoms with Crippen molar-refractivity contribution in [1.82, 2.24) is 5.32 Å². The van der Waals surface area contributed by atoms with Crippen LogP contribution in [0.4, 0.5) is 4.79 Å². The minimum atomic E-state index is -1.10. The number of nitrogens with one attached hydrogen (secondary N) is 1. The lowest BCUT2D eigenvalue weighted by Crippen LogP contribution is -2.45. The van der Waals surface area contributed by atoms with Crippen LogP contribution in [0.15, 0.2) is 28.7 Å². The van der Waals surface area contributed by atoms with Crippen LogP contribution in [0.5, 0.6) is 0 Å². The standard InChI is InChI=1S/C16H19BrN2O4/c1-9(2)14(15(21)19-16(18)22)23-13(20)7-6-11-5-4-10(3)8-12(11)17/h4-9,14H,1-3H3,(H3,18,19,21,22)/b7-6+/t14-/m0/s1. The van der Waals surface area contributed by atoms with Gasteiger partial charge in [0.15, 0.2) is 6.10 Å². The van der Waals surface area contributed by atoms with Gasteiger partial charge in [-0.2, -0.15) is 0 Å². The number of esters is 1. The van der Waals surface area contributed by atoms with Gasteiger partial charge in [-0.05, 0) is 36.1 Å². The smallest absolute Gasteiger partial charge is 0.331 e. The van der Waals surface area contributed by atoms with E-state index in [1.807, 2.05) is 30.4 Å². The van der Waals surface area contributed by atoms with Crippen LogP contribution in [0.2, 0.25) is 0 Å². The molecule has 0 spiro atoms. The Labute approximate surface area is 143 Å². The summed E-state index contributed by atoms with van der Waals surface area (Å²) in [6, 6.07) is 4.69. The van der Waals surface area contributed by atoms with E-state index in [1.165, 1.54) is 6.08 Å². The summed E-state index contributed by atoms with van der Waals surface area (Å²) in [6.07, 6.45) is 1.71. The van der Waals surface area contributed by atoms with E-state index >= 15 is 0 Å². The molecule has 1 rings (SSSR count). The number of aryl methyl sites for hydroxylation is 1. The molecule has 1 aromatic carbocycles. The van der Waals surface area contributed by atoms with Crippen LogP contribution in [-0.4, -0.2) is 24.0 Å². The van der Waals surface area contributed by atoms with Crippen molar-refractivity contribution in [3.63, 3.8) is 0 Å². The molecule has 3 N–H and O–H groups in total. The normalized spacial score (nSPS) is 12.2. The van der Waals surface area contributed by atoms with Gasteiger partial charge in [0, 0.05) is 10.5 Å². The number of rotatable bonds is 5. The zero-order valence-electron chi connectivity index (χ0n) is 13.1. The number of nitrogens with two attached hydrogens (primary N) is 1. The Morgan fingerprint density at radius 3 is 2.48 bits per heavy atom. The molecular formula is C16H19BrN2O4. The van der Waals surface area contributed by atoms with Gasteiger partial charge in [0.05, 0.1) is 0 Å². The molecule has 0 heterocycles. The molecule has 124 valence electrons. The third-order valence-electron chi connectivity index (χ3n) is 2.91. The van der Waals surface area contributed by atoms with E-state index in [1.54, 1.807) is 19.9 Å². The fraction of sp³-hybridized carbons (Fsp3) is 0.312. The summed E-state index contributed by atoms with van der Waals surface area (Å²) in [7, 11) is 0. The maximum atomic E-state index is 11.9. The molecule has 0 saturated heterocycles. The van der Waals surface area contributed by atoms with Gasteiger partial charge in [-0.3, -0.25) is 10.1 Å². The van der Waals surface area contributed by atoms with Crippen molar-refractivity contribution >= 4 is 39.9 Å². The first-order valence-corrected chi connectivity index (χ1v) is 7.75. The zero-order chi connectivity index (χ0) is 17.6. The number of halogens is 1. The number of benzene rings is 1. The Bertz CT molecular complexity index is 641. The second-order valence-electron chi connectivity index (χ2n) is 5.31. The molecule has 0 radical (unpaired) electrons. The molecule has 3 amide bonds. The molecule has 0 fully saturated rings. The highest BCUT2D eigenvalue weighted by Crippen LogP contribution is 2.19. The first-order valence-electron chi connectivity index (χ1n) is 6.96. The van der Waals surface area contributed by atoms with E-state index < -0.39 is 24.0 Å². The van der Waals surface area contributed by atoms with Gasteiger partial charge >= 0.3 is 12.0 Å². The Balaban J connectivity index is 2.77. The van der Waals surface area contributed by atoms with Crippen LogP contribution >= 0.6 is 15.9 Å². The van der Waals surface area contributed by atoms with Gasteiger partial charge in [-0.15, -0.1) is 0 Å². The monoisotopic (exact) mass is 382 g/mol. The van der Waals surface area contributed by atoms with Gasteiger partial charge in [0.25, 0.3) is 5.91 Å². The van der Waals surface area contributed by atoms with Crippen molar-refractivity contribution in [3.05, 3.63) is 39.9 Å². The van der Waals surface area contributed by atoms with Crippen LogP contribution in [-0.2, 0) is 14.3 Å². The van der Waals surface area contributed by atoms with Crippen molar-refractivity contribution in [1.29, 1.82) is 0 Å². The highest BCUT2D eigenvalue weighted by Gasteiger charge is 2.26. The van der Waals surface area contributed by atoms with Crippen LogP contribution in [0, 0.1) is 12.8 Å². The van der Waals surface area contributed by atoms with E-state index in [2.05, 4.69) is 15.9 Å². The van der Waals surface area contributed by atoms with Crippen LogP contribution in [0.3, 0.4) is 0 Å². The van der Waals surface area contributed by atoms with Crippen LogP contribution < -0.4 is 11.1 Å². The third kappa shape index (κ3) is 6.23. The molecule has 0 saturated carbocycles. The Morgan fingerprint density at radius 2 is 1.96 bits per heavy atom. The second-order valence-corrected chi connectivity index (χ2v) is 6.17. The number of carbonyl (C=O) groups excluding carboxylic acids is 3. The van der Waals surface area contributed by atoms with Crippen molar-refractivity contribution in [3.8, 4) is 0 Å². The molecule has 0 aliphatic carbocycles.